The highest BCUT2D eigenvalue weighted by atomic mass is 32.2. The number of hydrogen-bond donors (Lipinski definition) is 0. The van der Waals surface area contributed by atoms with E-state index in [0.717, 1.165) is 11.1 Å². The van der Waals surface area contributed by atoms with Crippen LogP contribution in [0.1, 0.15) is 24.0 Å². The molecule has 4 rings (SSSR count). The molecule has 1 saturated heterocycles. The van der Waals surface area contributed by atoms with Crippen molar-refractivity contribution in [2.24, 2.45) is 0 Å². The fourth-order valence-corrected chi connectivity index (χ4v) is 7.79. The first-order valence-corrected chi connectivity index (χ1v) is 16.1. The summed E-state index contributed by atoms with van der Waals surface area (Å²) >= 11 is 0. The SMILES string of the molecule is C=C1CN(S(=O)(=O)c2ccccc2)CCCN(Cc2ccccc2)CCCN(S(=O)(=O)c2ccc(C)cc2)C1. The predicted molar refractivity (Wildman–Crippen MR) is 155 cm³/mol. The third-order valence-corrected chi connectivity index (χ3v) is 10.6. The molecule has 0 aromatic heterocycles. The van der Waals surface area contributed by atoms with E-state index in [2.05, 4.69) is 23.6 Å². The number of aryl methyl sites for hydroxylation is 1. The molecule has 39 heavy (non-hydrogen) atoms. The maximum Gasteiger partial charge on any atom is 0.243 e. The van der Waals surface area contributed by atoms with Crippen LogP contribution in [-0.2, 0) is 26.6 Å². The number of hydrogen-bond acceptors (Lipinski definition) is 5. The molecule has 0 unspecified atom stereocenters. The zero-order valence-corrected chi connectivity index (χ0v) is 24.1. The van der Waals surface area contributed by atoms with Crippen LogP contribution < -0.4 is 0 Å². The van der Waals surface area contributed by atoms with Crippen molar-refractivity contribution < 1.29 is 16.8 Å². The molecule has 1 aliphatic rings. The molecular formula is C30H37N3O4S2. The topological polar surface area (TPSA) is 78.0 Å². The van der Waals surface area contributed by atoms with Gasteiger partial charge in [0.15, 0.2) is 0 Å². The Morgan fingerprint density at radius 2 is 1.10 bits per heavy atom. The third-order valence-electron chi connectivity index (χ3n) is 6.85. The average molecular weight is 568 g/mol. The van der Waals surface area contributed by atoms with Crippen LogP contribution in [0.25, 0.3) is 0 Å². The minimum atomic E-state index is -3.80. The van der Waals surface area contributed by atoms with Crippen molar-refractivity contribution in [1.82, 2.24) is 13.5 Å². The standard InChI is InChI=1S/C30H37N3O4S2/c1-26-15-17-30(18-16-26)39(36,37)33-22-10-20-31(25-28-11-5-3-6-12-28)19-9-21-32(23-27(2)24-33)38(34,35)29-13-7-4-8-14-29/h3-8,11-18H,2,9-10,19-25H2,1H3. The minimum Gasteiger partial charge on any atom is -0.299 e. The Morgan fingerprint density at radius 3 is 1.62 bits per heavy atom. The van der Waals surface area contributed by atoms with Crippen molar-refractivity contribution in [2.45, 2.75) is 36.1 Å². The van der Waals surface area contributed by atoms with E-state index in [4.69, 9.17) is 0 Å². The van der Waals surface area contributed by atoms with Crippen LogP contribution in [0.5, 0.6) is 0 Å². The Labute approximate surface area is 233 Å². The zero-order chi connectivity index (χ0) is 27.9. The van der Waals surface area contributed by atoms with Gasteiger partial charge in [0.1, 0.15) is 0 Å². The first kappa shape index (κ1) is 29.2. The lowest BCUT2D eigenvalue weighted by molar-refractivity contribution is 0.238. The van der Waals surface area contributed by atoms with Gasteiger partial charge in [-0.05, 0) is 68.3 Å². The van der Waals surface area contributed by atoms with Gasteiger partial charge in [-0.25, -0.2) is 16.8 Å². The Hall–Kier alpha value is -2.82. The molecule has 0 N–H and O–H groups in total. The van der Waals surface area contributed by atoms with Gasteiger partial charge in [-0.1, -0.05) is 72.8 Å². The quantitative estimate of drug-likeness (QED) is 0.409. The van der Waals surface area contributed by atoms with Gasteiger partial charge in [0.2, 0.25) is 20.0 Å². The normalized spacial score (nSPS) is 17.8. The lowest BCUT2D eigenvalue weighted by Gasteiger charge is -2.30. The van der Waals surface area contributed by atoms with Crippen LogP contribution in [0, 0.1) is 6.92 Å². The van der Waals surface area contributed by atoms with Crippen LogP contribution in [0.15, 0.2) is 107 Å². The fourth-order valence-electron chi connectivity index (χ4n) is 4.77. The molecule has 7 nitrogen and oxygen atoms in total. The molecule has 208 valence electrons. The minimum absolute atomic E-state index is 0.0513. The Balaban J connectivity index is 1.63. The molecule has 1 aliphatic heterocycles. The highest BCUT2D eigenvalue weighted by molar-refractivity contribution is 7.89. The number of benzene rings is 3. The number of nitrogens with zero attached hydrogens (tertiary/aromatic N) is 3. The molecule has 0 saturated carbocycles. The maximum absolute atomic E-state index is 13.7. The Morgan fingerprint density at radius 1 is 0.641 bits per heavy atom. The van der Waals surface area contributed by atoms with Crippen LogP contribution in [0.2, 0.25) is 0 Å². The molecule has 0 amide bonds. The van der Waals surface area contributed by atoms with E-state index in [1.54, 1.807) is 54.6 Å². The molecule has 0 atom stereocenters. The van der Waals surface area contributed by atoms with Crippen molar-refractivity contribution in [3.8, 4) is 0 Å². The monoisotopic (exact) mass is 567 g/mol. The van der Waals surface area contributed by atoms with Gasteiger partial charge in [-0.2, -0.15) is 8.61 Å². The van der Waals surface area contributed by atoms with E-state index in [1.807, 2.05) is 25.1 Å². The van der Waals surface area contributed by atoms with E-state index < -0.39 is 20.0 Å². The van der Waals surface area contributed by atoms with Gasteiger partial charge in [-0.3, -0.25) is 4.90 Å². The highest BCUT2D eigenvalue weighted by Crippen LogP contribution is 2.22. The van der Waals surface area contributed by atoms with E-state index in [9.17, 15) is 16.8 Å². The lowest BCUT2D eigenvalue weighted by Crippen LogP contribution is -2.41. The van der Waals surface area contributed by atoms with Gasteiger partial charge >= 0.3 is 0 Å². The second-order valence-electron chi connectivity index (χ2n) is 10.0. The smallest absolute Gasteiger partial charge is 0.243 e. The summed E-state index contributed by atoms with van der Waals surface area (Å²) in [7, 11) is -7.58. The van der Waals surface area contributed by atoms with Crippen molar-refractivity contribution in [3.63, 3.8) is 0 Å². The lowest BCUT2D eigenvalue weighted by atomic mass is 10.2. The summed E-state index contributed by atoms with van der Waals surface area (Å²) in [5.74, 6) is 0. The summed E-state index contributed by atoms with van der Waals surface area (Å²) in [5.41, 5.74) is 2.67. The largest absolute Gasteiger partial charge is 0.299 e. The molecule has 0 spiro atoms. The first-order chi connectivity index (χ1) is 18.7. The molecule has 3 aromatic carbocycles. The van der Waals surface area contributed by atoms with Crippen molar-refractivity contribution >= 4 is 20.0 Å². The van der Waals surface area contributed by atoms with Crippen molar-refractivity contribution in [2.75, 3.05) is 39.3 Å². The highest BCUT2D eigenvalue weighted by Gasteiger charge is 2.29. The van der Waals surface area contributed by atoms with Crippen LogP contribution in [-0.4, -0.2) is 69.6 Å². The maximum atomic E-state index is 13.7. The number of rotatable bonds is 6. The van der Waals surface area contributed by atoms with E-state index in [1.165, 1.54) is 8.61 Å². The van der Waals surface area contributed by atoms with Gasteiger partial charge in [0.25, 0.3) is 0 Å². The molecule has 0 aliphatic carbocycles. The van der Waals surface area contributed by atoms with Gasteiger partial charge in [0, 0.05) is 32.7 Å². The average Bonchev–Trinajstić information content (AvgIpc) is 2.92. The molecule has 0 bridgehead atoms. The van der Waals surface area contributed by atoms with Gasteiger partial charge in [0.05, 0.1) is 9.79 Å². The summed E-state index contributed by atoms with van der Waals surface area (Å²) in [6.45, 7) is 8.85. The Kier molecular flexibility index (Phi) is 9.74. The molecule has 9 heteroatoms. The summed E-state index contributed by atoms with van der Waals surface area (Å²) in [6.07, 6.45) is 1.30. The Bertz CT molecular complexity index is 1440. The summed E-state index contributed by atoms with van der Waals surface area (Å²) in [5, 5.41) is 0. The predicted octanol–water partition coefficient (Wildman–Crippen LogP) is 4.53. The fraction of sp³-hybridized carbons (Fsp3) is 0.333. The molecule has 1 heterocycles. The second-order valence-corrected chi connectivity index (χ2v) is 13.9. The van der Waals surface area contributed by atoms with Crippen molar-refractivity contribution in [3.05, 3.63) is 108 Å². The third kappa shape index (κ3) is 7.64. The summed E-state index contributed by atoms with van der Waals surface area (Å²) < 4.78 is 57.4. The van der Waals surface area contributed by atoms with Crippen LogP contribution in [0.3, 0.4) is 0 Å². The van der Waals surface area contributed by atoms with Crippen molar-refractivity contribution in [1.29, 1.82) is 0 Å². The van der Waals surface area contributed by atoms with Gasteiger partial charge < -0.3 is 0 Å². The molecule has 3 aromatic rings. The van der Waals surface area contributed by atoms with Crippen LogP contribution >= 0.6 is 0 Å². The number of sulfonamides is 2. The molecule has 1 fully saturated rings. The second kappa shape index (κ2) is 13.0. The first-order valence-electron chi connectivity index (χ1n) is 13.2. The van der Waals surface area contributed by atoms with Gasteiger partial charge in [-0.15, -0.1) is 0 Å². The van der Waals surface area contributed by atoms with Crippen LogP contribution in [0.4, 0.5) is 0 Å². The summed E-state index contributed by atoms with van der Waals surface area (Å²) in [4.78, 5) is 2.72. The summed E-state index contributed by atoms with van der Waals surface area (Å²) in [6, 6.07) is 25.3. The molecule has 0 radical (unpaired) electrons. The zero-order valence-electron chi connectivity index (χ0n) is 22.4. The molecular weight excluding hydrogens is 530 g/mol. The van der Waals surface area contributed by atoms with E-state index in [0.29, 0.717) is 51.1 Å². The van der Waals surface area contributed by atoms with E-state index >= 15 is 0 Å². The van der Waals surface area contributed by atoms with E-state index in [-0.39, 0.29) is 22.9 Å².